The fraction of sp³-hybridized carbons (Fsp3) is 0.833. The van der Waals surface area contributed by atoms with E-state index in [-0.39, 0.29) is 18.6 Å². The van der Waals surface area contributed by atoms with E-state index in [2.05, 4.69) is 5.32 Å². The zero-order chi connectivity index (χ0) is 13.4. The molecule has 0 saturated carbocycles. The van der Waals surface area contributed by atoms with Gasteiger partial charge in [0, 0.05) is 26.1 Å². The van der Waals surface area contributed by atoms with Crippen molar-refractivity contribution >= 4 is 12.0 Å². The number of amides is 2. The maximum Gasteiger partial charge on any atom is 0.317 e. The van der Waals surface area contributed by atoms with Gasteiger partial charge in [-0.3, -0.25) is 4.79 Å². The maximum absolute atomic E-state index is 11.7. The van der Waals surface area contributed by atoms with E-state index in [0.29, 0.717) is 38.9 Å². The molecule has 0 aromatic rings. The van der Waals surface area contributed by atoms with Gasteiger partial charge in [-0.1, -0.05) is 6.42 Å². The molecule has 0 bridgehead atoms. The SMILES string of the molecule is O=C(O)CCCCCNC(=O)N1CCC(O)CC1. The lowest BCUT2D eigenvalue weighted by Crippen LogP contribution is -2.45. The molecular weight excluding hydrogens is 236 g/mol. The molecule has 0 aliphatic carbocycles. The number of aliphatic hydroxyl groups excluding tert-OH is 1. The molecule has 6 heteroatoms. The quantitative estimate of drug-likeness (QED) is 0.615. The van der Waals surface area contributed by atoms with Gasteiger partial charge in [0.25, 0.3) is 0 Å². The van der Waals surface area contributed by atoms with Crippen molar-refractivity contribution in [3.05, 3.63) is 0 Å². The molecule has 1 saturated heterocycles. The zero-order valence-corrected chi connectivity index (χ0v) is 10.6. The monoisotopic (exact) mass is 258 g/mol. The van der Waals surface area contributed by atoms with Gasteiger partial charge in [0.05, 0.1) is 6.10 Å². The number of likely N-dealkylation sites (tertiary alicyclic amines) is 1. The number of piperidine rings is 1. The highest BCUT2D eigenvalue weighted by Gasteiger charge is 2.20. The first-order valence-corrected chi connectivity index (χ1v) is 6.52. The summed E-state index contributed by atoms with van der Waals surface area (Å²) in [5, 5.41) is 20.6. The van der Waals surface area contributed by atoms with E-state index in [0.717, 1.165) is 12.8 Å². The normalized spacial score (nSPS) is 16.6. The summed E-state index contributed by atoms with van der Waals surface area (Å²) >= 11 is 0. The molecule has 0 spiro atoms. The summed E-state index contributed by atoms with van der Waals surface area (Å²) in [5.41, 5.74) is 0. The van der Waals surface area contributed by atoms with Crippen LogP contribution in [0.1, 0.15) is 38.5 Å². The number of carbonyl (C=O) groups excluding carboxylic acids is 1. The first-order chi connectivity index (χ1) is 8.59. The van der Waals surface area contributed by atoms with E-state index in [9.17, 15) is 14.7 Å². The second-order valence-corrected chi connectivity index (χ2v) is 4.65. The van der Waals surface area contributed by atoms with Crippen molar-refractivity contribution in [1.29, 1.82) is 0 Å². The van der Waals surface area contributed by atoms with Gasteiger partial charge in [-0.25, -0.2) is 4.79 Å². The van der Waals surface area contributed by atoms with Crippen LogP contribution in [0.5, 0.6) is 0 Å². The highest BCUT2D eigenvalue weighted by molar-refractivity contribution is 5.74. The fourth-order valence-corrected chi connectivity index (χ4v) is 1.95. The molecule has 1 fully saturated rings. The number of aliphatic carboxylic acids is 1. The number of hydrogen-bond acceptors (Lipinski definition) is 3. The zero-order valence-electron chi connectivity index (χ0n) is 10.6. The van der Waals surface area contributed by atoms with Crippen LogP contribution in [0, 0.1) is 0 Å². The molecule has 1 aliphatic rings. The first kappa shape index (κ1) is 14.8. The van der Waals surface area contributed by atoms with Crippen LogP contribution in [0.4, 0.5) is 4.79 Å². The Hall–Kier alpha value is -1.30. The highest BCUT2D eigenvalue weighted by Crippen LogP contribution is 2.09. The third kappa shape index (κ3) is 5.86. The van der Waals surface area contributed by atoms with Crippen molar-refractivity contribution in [2.24, 2.45) is 0 Å². The van der Waals surface area contributed by atoms with Crippen LogP contribution in [-0.4, -0.2) is 52.9 Å². The number of nitrogens with one attached hydrogen (secondary N) is 1. The Balaban J connectivity index is 2.01. The molecular formula is C12H22N2O4. The topological polar surface area (TPSA) is 89.9 Å². The van der Waals surface area contributed by atoms with Crippen molar-refractivity contribution in [2.45, 2.75) is 44.6 Å². The minimum atomic E-state index is -0.772. The molecule has 0 aromatic carbocycles. The number of rotatable bonds is 6. The third-order valence-electron chi connectivity index (χ3n) is 3.10. The second kappa shape index (κ2) is 7.92. The molecule has 1 rings (SSSR count). The molecule has 1 aliphatic heterocycles. The Morgan fingerprint density at radius 3 is 2.44 bits per heavy atom. The number of carboxylic acids is 1. The van der Waals surface area contributed by atoms with Crippen molar-refractivity contribution < 1.29 is 19.8 Å². The molecule has 0 unspecified atom stereocenters. The molecule has 0 aromatic heterocycles. The third-order valence-corrected chi connectivity index (χ3v) is 3.10. The first-order valence-electron chi connectivity index (χ1n) is 6.52. The Labute approximate surface area is 107 Å². The van der Waals surface area contributed by atoms with Gasteiger partial charge in [0.15, 0.2) is 0 Å². The Bertz CT molecular complexity index is 275. The molecule has 1 heterocycles. The number of carbonyl (C=O) groups is 2. The highest BCUT2D eigenvalue weighted by atomic mass is 16.4. The average molecular weight is 258 g/mol. The summed E-state index contributed by atoms with van der Waals surface area (Å²) in [4.78, 5) is 23.7. The number of nitrogens with zero attached hydrogens (tertiary/aromatic N) is 1. The largest absolute Gasteiger partial charge is 0.481 e. The van der Waals surface area contributed by atoms with Crippen molar-refractivity contribution in [3.63, 3.8) is 0 Å². The standard InChI is InChI=1S/C12H22N2O4/c15-10-5-8-14(9-6-10)12(18)13-7-3-1-2-4-11(16)17/h10,15H,1-9H2,(H,13,18)(H,16,17). The number of unbranched alkanes of at least 4 members (excludes halogenated alkanes) is 2. The molecule has 0 radical (unpaired) electrons. The van der Waals surface area contributed by atoms with E-state index < -0.39 is 5.97 Å². The number of hydrogen-bond donors (Lipinski definition) is 3. The summed E-state index contributed by atoms with van der Waals surface area (Å²) in [6.07, 6.45) is 3.47. The van der Waals surface area contributed by atoms with Crippen LogP contribution in [0.25, 0.3) is 0 Å². The van der Waals surface area contributed by atoms with Crippen LogP contribution in [0.3, 0.4) is 0 Å². The Morgan fingerprint density at radius 1 is 1.17 bits per heavy atom. The Morgan fingerprint density at radius 2 is 1.83 bits per heavy atom. The molecule has 0 atom stereocenters. The van der Waals surface area contributed by atoms with Crippen LogP contribution in [0.2, 0.25) is 0 Å². The molecule has 2 amide bonds. The second-order valence-electron chi connectivity index (χ2n) is 4.65. The van der Waals surface area contributed by atoms with Gasteiger partial charge < -0.3 is 20.4 Å². The number of urea groups is 1. The lowest BCUT2D eigenvalue weighted by Gasteiger charge is -2.29. The van der Waals surface area contributed by atoms with Gasteiger partial charge >= 0.3 is 12.0 Å². The molecule has 104 valence electrons. The van der Waals surface area contributed by atoms with Gasteiger partial charge in [0.2, 0.25) is 0 Å². The molecule has 18 heavy (non-hydrogen) atoms. The van der Waals surface area contributed by atoms with E-state index in [4.69, 9.17) is 5.11 Å². The Kier molecular flexibility index (Phi) is 6.49. The molecule has 3 N–H and O–H groups in total. The van der Waals surface area contributed by atoms with E-state index in [1.807, 2.05) is 0 Å². The average Bonchev–Trinajstić information content (AvgIpc) is 2.34. The van der Waals surface area contributed by atoms with Crippen molar-refractivity contribution in [1.82, 2.24) is 10.2 Å². The minimum Gasteiger partial charge on any atom is -0.481 e. The van der Waals surface area contributed by atoms with Crippen molar-refractivity contribution in [3.8, 4) is 0 Å². The maximum atomic E-state index is 11.7. The summed E-state index contributed by atoms with van der Waals surface area (Å²) in [7, 11) is 0. The van der Waals surface area contributed by atoms with Gasteiger partial charge in [0.1, 0.15) is 0 Å². The van der Waals surface area contributed by atoms with Crippen LogP contribution < -0.4 is 5.32 Å². The minimum absolute atomic E-state index is 0.0832. The predicted molar refractivity (Wildman–Crippen MR) is 66.3 cm³/mol. The van der Waals surface area contributed by atoms with Gasteiger partial charge in [-0.2, -0.15) is 0 Å². The van der Waals surface area contributed by atoms with E-state index >= 15 is 0 Å². The summed E-state index contributed by atoms with van der Waals surface area (Å²) in [5.74, 6) is -0.772. The predicted octanol–water partition coefficient (Wildman–Crippen LogP) is 0.798. The summed E-state index contributed by atoms with van der Waals surface area (Å²) < 4.78 is 0. The van der Waals surface area contributed by atoms with Crippen LogP contribution in [0.15, 0.2) is 0 Å². The smallest absolute Gasteiger partial charge is 0.317 e. The van der Waals surface area contributed by atoms with Gasteiger partial charge in [-0.05, 0) is 25.7 Å². The number of aliphatic hydroxyl groups is 1. The fourth-order valence-electron chi connectivity index (χ4n) is 1.95. The van der Waals surface area contributed by atoms with Crippen molar-refractivity contribution in [2.75, 3.05) is 19.6 Å². The summed E-state index contributed by atoms with van der Waals surface area (Å²) in [6, 6.07) is -0.0832. The lowest BCUT2D eigenvalue weighted by molar-refractivity contribution is -0.137. The van der Waals surface area contributed by atoms with Crippen LogP contribution in [-0.2, 0) is 4.79 Å². The number of carboxylic acid groups (broad SMARTS) is 1. The molecule has 6 nitrogen and oxygen atoms in total. The van der Waals surface area contributed by atoms with Gasteiger partial charge in [-0.15, -0.1) is 0 Å². The lowest BCUT2D eigenvalue weighted by atomic mass is 10.1. The van der Waals surface area contributed by atoms with E-state index in [1.54, 1.807) is 4.90 Å². The van der Waals surface area contributed by atoms with Crippen LogP contribution >= 0.6 is 0 Å². The summed E-state index contributed by atoms with van der Waals surface area (Å²) in [6.45, 7) is 1.79. The van der Waals surface area contributed by atoms with E-state index in [1.165, 1.54) is 0 Å².